The molecule has 0 fully saturated rings. The van der Waals surface area contributed by atoms with Gasteiger partial charge in [-0.05, 0) is 25.1 Å². The Balaban J connectivity index is 1.65. The molecule has 0 aliphatic carbocycles. The van der Waals surface area contributed by atoms with Crippen LogP contribution >= 0.6 is 0 Å². The summed E-state index contributed by atoms with van der Waals surface area (Å²) in [6, 6.07) is 15.9. The van der Waals surface area contributed by atoms with Gasteiger partial charge in [0, 0.05) is 17.7 Å². The van der Waals surface area contributed by atoms with E-state index in [1.165, 1.54) is 6.07 Å². The second-order valence-corrected chi connectivity index (χ2v) is 5.44. The molecule has 122 valence electrons. The van der Waals surface area contributed by atoms with Crippen LogP contribution in [0.1, 0.15) is 17.0 Å². The molecule has 4 nitrogen and oxygen atoms in total. The minimum atomic E-state index is -0.333. The van der Waals surface area contributed by atoms with Crippen molar-refractivity contribution in [2.24, 2.45) is 0 Å². The minimum absolute atomic E-state index is 0.0696. The van der Waals surface area contributed by atoms with Gasteiger partial charge in [0.05, 0.1) is 12.1 Å². The standard InChI is InChI=1S/C19H17FN2O2/c1-13-17(24-19(22-13)14-7-3-2-4-8-14)11-18(23)21-12-15-9-5-6-10-16(15)20/h2-10H,11-12H2,1H3,(H,21,23). The van der Waals surface area contributed by atoms with E-state index in [4.69, 9.17) is 4.42 Å². The van der Waals surface area contributed by atoms with Crippen molar-refractivity contribution in [3.63, 3.8) is 0 Å². The number of amides is 1. The average Bonchev–Trinajstić information content (AvgIpc) is 2.96. The SMILES string of the molecule is Cc1nc(-c2ccccc2)oc1CC(=O)NCc1ccccc1F. The number of oxazole rings is 1. The topological polar surface area (TPSA) is 55.1 Å². The number of hydrogen-bond acceptors (Lipinski definition) is 3. The van der Waals surface area contributed by atoms with E-state index in [9.17, 15) is 9.18 Å². The molecular formula is C19H17FN2O2. The molecule has 0 spiro atoms. The third-order valence-corrected chi connectivity index (χ3v) is 3.67. The minimum Gasteiger partial charge on any atom is -0.440 e. The summed E-state index contributed by atoms with van der Waals surface area (Å²) in [6.45, 7) is 1.94. The van der Waals surface area contributed by atoms with Crippen LogP contribution in [0.15, 0.2) is 59.0 Å². The Morgan fingerprint density at radius 1 is 1.12 bits per heavy atom. The lowest BCUT2D eigenvalue weighted by molar-refractivity contribution is -0.120. The van der Waals surface area contributed by atoms with Gasteiger partial charge in [0.25, 0.3) is 0 Å². The summed E-state index contributed by atoms with van der Waals surface area (Å²) in [5.41, 5.74) is 1.98. The van der Waals surface area contributed by atoms with Crippen LogP contribution < -0.4 is 5.32 Å². The van der Waals surface area contributed by atoms with Crippen molar-refractivity contribution in [2.45, 2.75) is 19.9 Å². The van der Waals surface area contributed by atoms with Crippen molar-refractivity contribution >= 4 is 5.91 Å². The van der Waals surface area contributed by atoms with E-state index in [-0.39, 0.29) is 24.7 Å². The molecule has 5 heteroatoms. The van der Waals surface area contributed by atoms with Crippen LogP contribution in [0.2, 0.25) is 0 Å². The van der Waals surface area contributed by atoms with Crippen LogP contribution in [-0.2, 0) is 17.8 Å². The Morgan fingerprint density at radius 2 is 1.83 bits per heavy atom. The van der Waals surface area contributed by atoms with E-state index >= 15 is 0 Å². The first-order valence-corrected chi connectivity index (χ1v) is 7.65. The molecule has 1 amide bonds. The van der Waals surface area contributed by atoms with Crippen molar-refractivity contribution in [1.29, 1.82) is 0 Å². The molecule has 1 N–H and O–H groups in total. The van der Waals surface area contributed by atoms with Crippen LogP contribution in [0.3, 0.4) is 0 Å². The first-order valence-electron chi connectivity index (χ1n) is 7.65. The Morgan fingerprint density at radius 3 is 2.58 bits per heavy atom. The van der Waals surface area contributed by atoms with Gasteiger partial charge in [0.2, 0.25) is 11.8 Å². The molecule has 0 unspecified atom stereocenters. The van der Waals surface area contributed by atoms with E-state index in [2.05, 4.69) is 10.3 Å². The van der Waals surface area contributed by atoms with Crippen LogP contribution in [0.25, 0.3) is 11.5 Å². The summed E-state index contributed by atoms with van der Waals surface area (Å²) in [5, 5.41) is 2.70. The van der Waals surface area contributed by atoms with Crippen molar-refractivity contribution < 1.29 is 13.6 Å². The molecule has 2 aromatic carbocycles. The molecule has 3 rings (SSSR count). The monoisotopic (exact) mass is 324 g/mol. The highest BCUT2D eigenvalue weighted by Crippen LogP contribution is 2.21. The number of benzene rings is 2. The number of halogens is 1. The molecule has 1 aromatic heterocycles. The van der Waals surface area contributed by atoms with Gasteiger partial charge in [-0.1, -0.05) is 36.4 Å². The van der Waals surface area contributed by atoms with Gasteiger partial charge >= 0.3 is 0 Å². The van der Waals surface area contributed by atoms with E-state index in [0.29, 0.717) is 22.9 Å². The second kappa shape index (κ2) is 7.08. The Kier molecular flexibility index (Phi) is 4.70. The number of aromatic nitrogens is 1. The number of rotatable bonds is 5. The number of hydrogen-bond donors (Lipinski definition) is 1. The van der Waals surface area contributed by atoms with Gasteiger partial charge in [-0.2, -0.15) is 0 Å². The normalized spacial score (nSPS) is 10.6. The summed E-state index contributed by atoms with van der Waals surface area (Å²) in [5.74, 6) is 0.432. The summed E-state index contributed by atoms with van der Waals surface area (Å²) in [7, 11) is 0. The first kappa shape index (κ1) is 15.9. The largest absolute Gasteiger partial charge is 0.440 e. The number of aryl methyl sites for hydroxylation is 1. The first-order chi connectivity index (χ1) is 11.6. The van der Waals surface area contributed by atoms with Crippen LogP contribution in [0.5, 0.6) is 0 Å². The molecule has 0 saturated carbocycles. The maximum absolute atomic E-state index is 13.5. The number of nitrogens with one attached hydrogen (secondary N) is 1. The van der Waals surface area contributed by atoms with Crippen LogP contribution in [-0.4, -0.2) is 10.9 Å². The quantitative estimate of drug-likeness (QED) is 0.779. The lowest BCUT2D eigenvalue weighted by atomic mass is 10.2. The lowest BCUT2D eigenvalue weighted by Gasteiger charge is -2.05. The maximum Gasteiger partial charge on any atom is 0.227 e. The van der Waals surface area contributed by atoms with Crippen LogP contribution in [0, 0.1) is 12.7 Å². The highest BCUT2D eigenvalue weighted by atomic mass is 19.1. The van der Waals surface area contributed by atoms with Crippen molar-refractivity contribution in [1.82, 2.24) is 10.3 Å². The third-order valence-electron chi connectivity index (χ3n) is 3.67. The average molecular weight is 324 g/mol. The molecule has 0 radical (unpaired) electrons. The zero-order chi connectivity index (χ0) is 16.9. The Labute approximate surface area is 139 Å². The summed E-state index contributed by atoms with van der Waals surface area (Å²) in [6.07, 6.45) is 0.0696. The molecular weight excluding hydrogens is 307 g/mol. The maximum atomic E-state index is 13.5. The Hall–Kier alpha value is -2.95. The van der Waals surface area contributed by atoms with E-state index in [0.717, 1.165) is 5.56 Å². The predicted octanol–water partition coefficient (Wildman–Crippen LogP) is 3.65. The number of carbonyl (C=O) groups excluding carboxylic acids is 1. The van der Waals surface area contributed by atoms with Gasteiger partial charge < -0.3 is 9.73 Å². The second-order valence-electron chi connectivity index (χ2n) is 5.44. The molecule has 1 heterocycles. The number of carbonyl (C=O) groups is 1. The molecule has 0 aliphatic rings. The van der Waals surface area contributed by atoms with Gasteiger partial charge in [-0.15, -0.1) is 0 Å². The molecule has 3 aromatic rings. The smallest absolute Gasteiger partial charge is 0.227 e. The van der Waals surface area contributed by atoms with Gasteiger partial charge in [-0.25, -0.2) is 9.37 Å². The van der Waals surface area contributed by atoms with Crippen LogP contribution in [0.4, 0.5) is 4.39 Å². The Bertz CT molecular complexity index is 844. The highest BCUT2D eigenvalue weighted by molar-refractivity contribution is 5.78. The van der Waals surface area contributed by atoms with E-state index in [1.807, 2.05) is 30.3 Å². The summed E-state index contributed by atoms with van der Waals surface area (Å²) in [4.78, 5) is 16.4. The molecule has 0 bridgehead atoms. The molecule has 0 aliphatic heterocycles. The zero-order valence-corrected chi connectivity index (χ0v) is 13.3. The number of nitrogens with zero attached hydrogens (tertiary/aromatic N) is 1. The zero-order valence-electron chi connectivity index (χ0n) is 13.3. The fourth-order valence-corrected chi connectivity index (χ4v) is 2.34. The predicted molar refractivity (Wildman–Crippen MR) is 88.6 cm³/mol. The highest BCUT2D eigenvalue weighted by Gasteiger charge is 2.15. The van der Waals surface area contributed by atoms with E-state index in [1.54, 1.807) is 25.1 Å². The molecule has 24 heavy (non-hydrogen) atoms. The fourth-order valence-electron chi connectivity index (χ4n) is 2.34. The molecule has 0 atom stereocenters. The molecule has 0 saturated heterocycles. The van der Waals surface area contributed by atoms with E-state index < -0.39 is 0 Å². The van der Waals surface area contributed by atoms with Crippen molar-refractivity contribution in [2.75, 3.05) is 0 Å². The van der Waals surface area contributed by atoms with Gasteiger partial charge in [-0.3, -0.25) is 4.79 Å². The third kappa shape index (κ3) is 3.68. The van der Waals surface area contributed by atoms with Crippen molar-refractivity contribution in [3.8, 4) is 11.5 Å². The summed E-state index contributed by atoms with van der Waals surface area (Å²) >= 11 is 0. The summed E-state index contributed by atoms with van der Waals surface area (Å²) < 4.78 is 19.2. The van der Waals surface area contributed by atoms with Crippen molar-refractivity contribution in [3.05, 3.63) is 77.4 Å². The lowest BCUT2D eigenvalue weighted by Crippen LogP contribution is -2.25. The van der Waals surface area contributed by atoms with Gasteiger partial charge in [0.15, 0.2) is 0 Å². The fraction of sp³-hybridized carbons (Fsp3) is 0.158. The van der Waals surface area contributed by atoms with Gasteiger partial charge in [0.1, 0.15) is 11.6 Å².